The molecule has 25 heavy (non-hydrogen) atoms. The fraction of sp³-hybridized carbons (Fsp3) is 0.278. The number of aromatic amines is 1. The minimum absolute atomic E-state index is 0.120. The van der Waals surface area contributed by atoms with Gasteiger partial charge in [-0.15, -0.1) is 0 Å². The lowest BCUT2D eigenvalue weighted by Gasteiger charge is -2.15. The molecule has 2 aromatic heterocycles. The maximum atomic E-state index is 12.6. The van der Waals surface area contributed by atoms with Crippen LogP contribution in [0.25, 0.3) is 11.3 Å². The molecule has 0 aliphatic heterocycles. The van der Waals surface area contributed by atoms with Crippen molar-refractivity contribution in [1.29, 1.82) is 0 Å². The minimum atomic E-state index is -0.120. The average molecular weight is 339 g/mol. The van der Waals surface area contributed by atoms with E-state index in [4.69, 9.17) is 4.74 Å². The fourth-order valence-corrected chi connectivity index (χ4v) is 2.59. The smallest absolute Gasteiger partial charge is 0.271 e. The molecule has 3 aromatic rings. The Morgan fingerprint density at radius 3 is 2.84 bits per heavy atom. The number of benzene rings is 1. The lowest BCUT2D eigenvalue weighted by molar-refractivity contribution is 0.0779. The standard InChI is InChI=1S/C18H21N5O2/c1-12-14(10-19-23(12)3)11-22(2)18(24)17-9-16(20-21-17)13-6-5-7-15(8-13)25-4/h5-10H,11H2,1-4H3,(H,20,21). The number of hydrogen-bond donors (Lipinski definition) is 1. The topological polar surface area (TPSA) is 76.0 Å². The van der Waals surface area contributed by atoms with Crippen molar-refractivity contribution in [2.75, 3.05) is 14.2 Å². The van der Waals surface area contributed by atoms with E-state index in [1.807, 2.05) is 38.2 Å². The molecule has 0 saturated heterocycles. The van der Waals surface area contributed by atoms with Crippen LogP contribution in [0.4, 0.5) is 0 Å². The SMILES string of the molecule is COc1cccc(-c2cc(C(=O)N(C)Cc3cnn(C)c3C)[nH]n2)c1. The van der Waals surface area contributed by atoms with Crippen LogP contribution in [0.3, 0.4) is 0 Å². The summed E-state index contributed by atoms with van der Waals surface area (Å²) in [6.45, 7) is 2.48. The number of hydrogen-bond acceptors (Lipinski definition) is 4. The van der Waals surface area contributed by atoms with E-state index in [9.17, 15) is 4.79 Å². The number of rotatable bonds is 5. The molecule has 0 fully saturated rings. The van der Waals surface area contributed by atoms with E-state index in [0.29, 0.717) is 17.9 Å². The van der Waals surface area contributed by atoms with Crippen molar-refractivity contribution >= 4 is 5.91 Å². The van der Waals surface area contributed by atoms with Crippen molar-refractivity contribution < 1.29 is 9.53 Å². The first-order valence-corrected chi connectivity index (χ1v) is 7.92. The first kappa shape index (κ1) is 16.8. The van der Waals surface area contributed by atoms with Crippen molar-refractivity contribution in [2.45, 2.75) is 13.5 Å². The van der Waals surface area contributed by atoms with Crippen LogP contribution in [-0.2, 0) is 13.6 Å². The maximum absolute atomic E-state index is 12.6. The minimum Gasteiger partial charge on any atom is -0.497 e. The highest BCUT2D eigenvalue weighted by molar-refractivity contribution is 5.93. The molecule has 0 atom stereocenters. The zero-order chi connectivity index (χ0) is 18.0. The second-order valence-corrected chi connectivity index (χ2v) is 5.94. The van der Waals surface area contributed by atoms with Crippen LogP contribution < -0.4 is 4.74 Å². The molecule has 2 heterocycles. The van der Waals surface area contributed by atoms with Crippen molar-refractivity contribution in [2.24, 2.45) is 7.05 Å². The summed E-state index contributed by atoms with van der Waals surface area (Å²) in [5.41, 5.74) is 4.10. The number of ether oxygens (including phenoxy) is 1. The van der Waals surface area contributed by atoms with E-state index in [2.05, 4.69) is 15.3 Å². The van der Waals surface area contributed by atoms with Gasteiger partial charge in [-0.2, -0.15) is 10.2 Å². The molecule has 0 unspecified atom stereocenters. The highest BCUT2D eigenvalue weighted by Crippen LogP contribution is 2.23. The van der Waals surface area contributed by atoms with Gasteiger partial charge < -0.3 is 9.64 Å². The number of nitrogens with zero attached hydrogens (tertiary/aromatic N) is 4. The number of aromatic nitrogens is 4. The second kappa shape index (κ2) is 6.80. The van der Waals surface area contributed by atoms with E-state index < -0.39 is 0 Å². The van der Waals surface area contributed by atoms with Gasteiger partial charge in [0.25, 0.3) is 5.91 Å². The molecule has 0 bridgehead atoms. The average Bonchev–Trinajstić information content (AvgIpc) is 3.24. The number of carbonyl (C=O) groups is 1. The third-order valence-corrected chi connectivity index (χ3v) is 4.26. The van der Waals surface area contributed by atoms with Crippen LogP contribution in [0.15, 0.2) is 36.5 Å². The summed E-state index contributed by atoms with van der Waals surface area (Å²) in [6.07, 6.45) is 1.79. The van der Waals surface area contributed by atoms with Crippen molar-refractivity contribution in [3.8, 4) is 17.0 Å². The Bertz CT molecular complexity index is 897. The monoisotopic (exact) mass is 339 g/mol. The summed E-state index contributed by atoms with van der Waals surface area (Å²) in [5, 5.41) is 11.3. The lowest BCUT2D eigenvalue weighted by atomic mass is 10.1. The summed E-state index contributed by atoms with van der Waals surface area (Å²) < 4.78 is 7.02. The molecule has 0 aliphatic rings. The molecule has 3 rings (SSSR count). The molecule has 1 N–H and O–H groups in total. The Morgan fingerprint density at radius 2 is 2.16 bits per heavy atom. The molecule has 7 heteroatoms. The number of aryl methyl sites for hydroxylation is 1. The highest BCUT2D eigenvalue weighted by atomic mass is 16.5. The van der Waals surface area contributed by atoms with Crippen LogP contribution in [0.1, 0.15) is 21.7 Å². The highest BCUT2D eigenvalue weighted by Gasteiger charge is 2.17. The van der Waals surface area contributed by atoms with Gasteiger partial charge in [0.05, 0.1) is 19.0 Å². The maximum Gasteiger partial charge on any atom is 0.271 e. The van der Waals surface area contributed by atoms with Gasteiger partial charge >= 0.3 is 0 Å². The van der Waals surface area contributed by atoms with E-state index in [1.54, 1.807) is 36.0 Å². The van der Waals surface area contributed by atoms with Gasteiger partial charge in [0.1, 0.15) is 11.4 Å². The Balaban J connectivity index is 1.76. The van der Waals surface area contributed by atoms with Crippen LogP contribution >= 0.6 is 0 Å². The van der Waals surface area contributed by atoms with E-state index in [1.165, 1.54) is 0 Å². The van der Waals surface area contributed by atoms with Crippen LogP contribution in [0, 0.1) is 6.92 Å². The van der Waals surface area contributed by atoms with E-state index in [-0.39, 0.29) is 5.91 Å². The van der Waals surface area contributed by atoms with Gasteiger partial charge in [-0.3, -0.25) is 14.6 Å². The normalized spacial score (nSPS) is 10.7. The van der Waals surface area contributed by atoms with Crippen molar-refractivity contribution in [3.63, 3.8) is 0 Å². The quantitative estimate of drug-likeness (QED) is 0.774. The molecular formula is C18H21N5O2. The Hall–Kier alpha value is -3.09. The summed E-state index contributed by atoms with van der Waals surface area (Å²) in [4.78, 5) is 14.3. The zero-order valence-corrected chi connectivity index (χ0v) is 14.8. The molecule has 0 spiro atoms. The zero-order valence-electron chi connectivity index (χ0n) is 14.8. The van der Waals surface area contributed by atoms with Gasteiger partial charge in [-0.25, -0.2) is 0 Å². The third kappa shape index (κ3) is 3.40. The molecule has 7 nitrogen and oxygen atoms in total. The largest absolute Gasteiger partial charge is 0.497 e. The lowest BCUT2D eigenvalue weighted by Crippen LogP contribution is -2.26. The number of methoxy groups -OCH3 is 1. The van der Waals surface area contributed by atoms with Crippen LogP contribution in [0.5, 0.6) is 5.75 Å². The number of amides is 1. The number of carbonyl (C=O) groups excluding carboxylic acids is 1. The molecule has 1 aromatic carbocycles. The fourth-order valence-electron chi connectivity index (χ4n) is 2.59. The number of H-pyrrole nitrogens is 1. The van der Waals surface area contributed by atoms with Gasteiger partial charge in [0.15, 0.2) is 0 Å². The Morgan fingerprint density at radius 1 is 1.36 bits per heavy atom. The van der Waals surface area contributed by atoms with Gasteiger partial charge in [0.2, 0.25) is 0 Å². The first-order chi connectivity index (χ1) is 12.0. The van der Waals surface area contributed by atoms with Gasteiger partial charge in [-0.05, 0) is 25.1 Å². The molecule has 130 valence electrons. The number of nitrogens with one attached hydrogen (secondary N) is 1. The summed E-state index contributed by atoms with van der Waals surface area (Å²) in [5.74, 6) is 0.627. The molecule has 1 amide bonds. The second-order valence-electron chi connectivity index (χ2n) is 5.94. The van der Waals surface area contributed by atoms with E-state index >= 15 is 0 Å². The third-order valence-electron chi connectivity index (χ3n) is 4.26. The van der Waals surface area contributed by atoms with Crippen LogP contribution in [-0.4, -0.2) is 44.9 Å². The van der Waals surface area contributed by atoms with Crippen LogP contribution in [0.2, 0.25) is 0 Å². The molecule has 0 aliphatic carbocycles. The predicted octanol–water partition coefficient (Wildman–Crippen LogP) is 2.40. The van der Waals surface area contributed by atoms with E-state index in [0.717, 1.165) is 22.6 Å². The summed E-state index contributed by atoms with van der Waals surface area (Å²) in [7, 11) is 5.27. The first-order valence-electron chi connectivity index (χ1n) is 7.92. The van der Waals surface area contributed by atoms with Gasteiger partial charge in [-0.1, -0.05) is 12.1 Å². The Labute approximate surface area is 146 Å². The molecule has 0 radical (unpaired) electrons. The van der Waals surface area contributed by atoms with Crippen molar-refractivity contribution in [1.82, 2.24) is 24.9 Å². The predicted molar refractivity (Wildman–Crippen MR) is 94.3 cm³/mol. The van der Waals surface area contributed by atoms with Gasteiger partial charge in [0, 0.05) is 37.5 Å². The molecule has 0 saturated carbocycles. The van der Waals surface area contributed by atoms with Crippen molar-refractivity contribution in [3.05, 3.63) is 53.5 Å². The summed E-state index contributed by atoms with van der Waals surface area (Å²) >= 11 is 0. The summed E-state index contributed by atoms with van der Waals surface area (Å²) in [6, 6.07) is 9.32. The molecular weight excluding hydrogens is 318 g/mol. The Kier molecular flexibility index (Phi) is 4.56.